The zero-order chi connectivity index (χ0) is 12.7. The Morgan fingerprint density at radius 1 is 1.53 bits per heavy atom. The molecule has 0 aromatic heterocycles. The van der Waals surface area contributed by atoms with Crippen LogP contribution < -0.4 is 10.1 Å². The second-order valence-corrected chi connectivity index (χ2v) is 4.14. The molecule has 6 heteroatoms. The molecule has 1 N–H and O–H groups in total. The highest BCUT2D eigenvalue weighted by molar-refractivity contribution is 9.09. The molecule has 1 rings (SSSR count). The van der Waals surface area contributed by atoms with Crippen molar-refractivity contribution in [2.45, 2.75) is 13.5 Å². The first kappa shape index (κ1) is 13.9. The summed E-state index contributed by atoms with van der Waals surface area (Å²) in [5.74, 6) is 0.695. The summed E-state index contributed by atoms with van der Waals surface area (Å²) in [5, 5.41) is 14.7. The Bertz CT molecular complexity index is 385. The largest absolute Gasteiger partial charge is 0.494 e. The molecule has 0 unspecified atom stereocenters. The van der Waals surface area contributed by atoms with Crippen LogP contribution in [0.4, 0.5) is 5.69 Å². The van der Waals surface area contributed by atoms with Gasteiger partial charge in [-0.1, -0.05) is 15.9 Å². The van der Waals surface area contributed by atoms with Crippen molar-refractivity contribution in [1.29, 1.82) is 0 Å². The first-order valence-corrected chi connectivity index (χ1v) is 6.48. The Morgan fingerprint density at radius 3 is 2.88 bits per heavy atom. The zero-order valence-corrected chi connectivity index (χ0v) is 11.2. The predicted octanol–water partition coefficient (Wildman–Crippen LogP) is 2.48. The van der Waals surface area contributed by atoms with Crippen LogP contribution in [0.15, 0.2) is 18.2 Å². The number of rotatable bonds is 7. The van der Waals surface area contributed by atoms with E-state index in [0.29, 0.717) is 18.9 Å². The van der Waals surface area contributed by atoms with Crippen molar-refractivity contribution >= 4 is 21.6 Å². The van der Waals surface area contributed by atoms with Crippen LogP contribution in [0.3, 0.4) is 0 Å². The van der Waals surface area contributed by atoms with Gasteiger partial charge in [0.25, 0.3) is 5.69 Å². The third-order valence-electron chi connectivity index (χ3n) is 2.14. The molecule has 0 fully saturated rings. The van der Waals surface area contributed by atoms with Gasteiger partial charge in [-0.15, -0.1) is 0 Å². The van der Waals surface area contributed by atoms with E-state index in [0.717, 1.165) is 17.4 Å². The van der Waals surface area contributed by atoms with Gasteiger partial charge in [-0.2, -0.15) is 0 Å². The molecule has 94 valence electrons. The fourth-order valence-corrected chi connectivity index (χ4v) is 1.68. The summed E-state index contributed by atoms with van der Waals surface area (Å²) in [5.41, 5.74) is 0.895. The lowest BCUT2D eigenvalue weighted by Gasteiger charge is -2.10. The number of nitro benzene ring substituents is 1. The van der Waals surface area contributed by atoms with E-state index in [1.54, 1.807) is 12.1 Å². The van der Waals surface area contributed by atoms with Crippen LogP contribution in [0.5, 0.6) is 5.75 Å². The molecule has 0 amide bonds. The maximum atomic E-state index is 10.7. The van der Waals surface area contributed by atoms with Crippen molar-refractivity contribution in [2.75, 3.05) is 18.5 Å². The number of benzene rings is 1. The summed E-state index contributed by atoms with van der Waals surface area (Å²) in [6.45, 7) is 3.79. The molecule has 0 heterocycles. The fraction of sp³-hybridized carbons (Fsp3) is 0.455. The number of nitrogens with one attached hydrogen (secondary N) is 1. The summed E-state index contributed by atoms with van der Waals surface area (Å²) in [7, 11) is 0. The molecular weight excluding hydrogens is 288 g/mol. The summed E-state index contributed by atoms with van der Waals surface area (Å²) in [4.78, 5) is 10.3. The lowest BCUT2D eigenvalue weighted by atomic mass is 10.1. The SMILES string of the molecule is CCOc1ccc([N+](=O)[O-])cc1CNCCBr. The maximum absolute atomic E-state index is 10.7. The van der Waals surface area contributed by atoms with Gasteiger partial charge in [-0.05, 0) is 13.0 Å². The molecule has 17 heavy (non-hydrogen) atoms. The molecule has 0 saturated heterocycles. The third kappa shape index (κ3) is 4.32. The van der Waals surface area contributed by atoms with Crippen LogP contribution in [0, 0.1) is 10.1 Å². The van der Waals surface area contributed by atoms with Gasteiger partial charge >= 0.3 is 0 Å². The molecule has 0 spiro atoms. The molecule has 0 saturated carbocycles. The van der Waals surface area contributed by atoms with Crippen molar-refractivity contribution < 1.29 is 9.66 Å². The standard InChI is InChI=1S/C11H15BrN2O3/c1-2-17-11-4-3-10(14(15)16)7-9(11)8-13-6-5-12/h3-4,7,13H,2,5-6,8H2,1H3. The highest BCUT2D eigenvalue weighted by atomic mass is 79.9. The van der Waals surface area contributed by atoms with Gasteiger partial charge in [-0.25, -0.2) is 0 Å². The monoisotopic (exact) mass is 302 g/mol. The molecule has 0 radical (unpaired) electrons. The van der Waals surface area contributed by atoms with Gasteiger partial charge in [-0.3, -0.25) is 10.1 Å². The van der Waals surface area contributed by atoms with Crippen molar-refractivity contribution in [3.05, 3.63) is 33.9 Å². The van der Waals surface area contributed by atoms with Gasteiger partial charge in [0.1, 0.15) is 5.75 Å². The number of non-ortho nitro benzene ring substituents is 1. The summed E-state index contributed by atoms with van der Waals surface area (Å²) in [6, 6.07) is 4.65. The lowest BCUT2D eigenvalue weighted by Crippen LogP contribution is -2.16. The second kappa shape index (κ2) is 7.24. The quantitative estimate of drug-likeness (QED) is 0.364. The molecule has 0 aliphatic heterocycles. The number of nitro groups is 1. The van der Waals surface area contributed by atoms with Crippen molar-refractivity contribution in [3.63, 3.8) is 0 Å². The molecule has 1 aromatic carbocycles. The van der Waals surface area contributed by atoms with E-state index in [4.69, 9.17) is 4.74 Å². The average molecular weight is 303 g/mol. The molecular formula is C11H15BrN2O3. The molecule has 1 aromatic rings. The molecule has 0 aliphatic carbocycles. The predicted molar refractivity (Wildman–Crippen MR) is 69.8 cm³/mol. The number of hydrogen-bond acceptors (Lipinski definition) is 4. The van der Waals surface area contributed by atoms with Gasteiger partial charge in [0.05, 0.1) is 11.5 Å². The second-order valence-electron chi connectivity index (χ2n) is 3.35. The Balaban J connectivity index is 2.86. The summed E-state index contributed by atoms with van der Waals surface area (Å²) >= 11 is 3.31. The van der Waals surface area contributed by atoms with E-state index in [1.807, 2.05) is 6.92 Å². The van der Waals surface area contributed by atoms with Gasteiger partial charge in [0, 0.05) is 36.1 Å². The molecule has 0 bridgehead atoms. The van der Waals surface area contributed by atoms with Crippen LogP contribution in [-0.2, 0) is 6.54 Å². The van der Waals surface area contributed by atoms with E-state index in [-0.39, 0.29) is 5.69 Å². The minimum absolute atomic E-state index is 0.0871. The summed E-state index contributed by atoms with van der Waals surface area (Å²) < 4.78 is 5.43. The minimum atomic E-state index is -0.399. The molecule has 0 atom stereocenters. The highest BCUT2D eigenvalue weighted by Crippen LogP contribution is 2.24. The fourth-order valence-electron chi connectivity index (χ4n) is 1.40. The number of halogens is 1. The van der Waals surface area contributed by atoms with Crippen LogP contribution >= 0.6 is 15.9 Å². The van der Waals surface area contributed by atoms with Crippen molar-refractivity contribution in [1.82, 2.24) is 5.32 Å². The van der Waals surface area contributed by atoms with E-state index in [9.17, 15) is 10.1 Å². The average Bonchev–Trinajstić information content (AvgIpc) is 2.31. The van der Waals surface area contributed by atoms with Gasteiger partial charge in [0.2, 0.25) is 0 Å². The van der Waals surface area contributed by atoms with E-state index >= 15 is 0 Å². The zero-order valence-electron chi connectivity index (χ0n) is 9.61. The van der Waals surface area contributed by atoms with Gasteiger partial charge < -0.3 is 10.1 Å². The lowest BCUT2D eigenvalue weighted by molar-refractivity contribution is -0.384. The van der Waals surface area contributed by atoms with Crippen LogP contribution in [-0.4, -0.2) is 23.4 Å². The topological polar surface area (TPSA) is 64.4 Å². The van der Waals surface area contributed by atoms with E-state index in [2.05, 4.69) is 21.2 Å². The maximum Gasteiger partial charge on any atom is 0.270 e. The van der Waals surface area contributed by atoms with Crippen LogP contribution in [0.2, 0.25) is 0 Å². The van der Waals surface area contributed by atoms with Crippen molar-refractivity contribution in [2.24, 2.45) is 0 Å². The Hall–Kier alpha value is -1.14. The number of nitrogens with zero attached hydrogens (tertiary/aromatic N) is 1. The Labute approximate surface area is 108 Å². The molecule has 0 aliphatic rings. The van der Waals surface area contributed by atoms with E-state index in [1.165, 1.54) is 6.07 Å². The van der Waals surface area contributed by atoms with Crippen LogP contribution in [0.1, 0.15) is 12.5 Å². The summed E-state index contributed by atoms with van der Waals surface area (Å²) in [6.07, 6.45) is 0. The van der Waals surface area contributed by atoms with Gasteiger partial charge in [0.15, 0.2) is 0 Å². The molecule has 5 nitrogen and oxygen atoms in total. The first-order chi connectivity index (χ1) is 8.19. The smallest absolute Gasteiger partial charge is 0.270 e. The Kier molecular flexibility index (Phi) is 5.93. The highest BCUT2D eigenvalue weighted by Gasteiger charge is 2.11. The number of alkyl halides is 1. The van der Waals surface area contributed by atoms with E-state index < -0.39 is 4.92 Å². The minimum Gasteiger partial charge on any atom is -0.494 e. The third-order valence-corrected chi connectivity index (χ3v) is 2.54. The van der Waals surface area contributed by atoms with Crippen molar-refractivity contribution in [3.8, 4) is 5.75 Å². The Morgan fingerprint density at radius 2 is 2.29 bits per heavy atom. The number of hydrogen-bond donors (Lipinski definition) is 1. The van der Waals surface area contributed by atoms with Crippen LogP contribution in [0.25, 0.3) is 0 Å². The normalized spacial score (nSPS) is 10.2. The number of ether oxygens (including phenoxy) is 1. The first-order valence-electron chi connectivity index (χ1n) is 5.35.